The fraction of sp³-hybridized carbons (Fsp3) is 0.750. The molecule has 10 heteroatoms. The van der Waals surface area contributed by atoms with Crippen LogP contribution in [-0.4, -0.2) is 66.3 Å². The molecule has 3 atom stereocenters. The first-order valence-corrected chi connectivity index (χ1v) is 26.4. The van der Waals surface area contributed by atoms with Gasteiger partial charge in [0.2, 0.25) is 0 Å². The highest BCUT2D eigenvalue weighted by Gasteiger charge is 2.26. The molecule has 0 radical (unpaired) electrons. The van der Waals surface area contributed by atoms with E-state index in [-0.39, 0.29) is 13.0 Å². The van der Waals surface area contributed by atoms with E-state index >= 15 is 0 Å². The van der Waals surface area contributed by atoms with Crippen LogP contribution in [0.3, 0.4) is 0 Å². The number of phosphoric acid groups is 1. The Balaban J connectivity index is 4.11. The zero-order valence-corrected chi connectivity index (χ0v) is 40.5. The molecule has 0 aliphatic heterocycles. The van der Waals surface area contributed by atoms with Crippen molar-refractivity contribution in [3.8, 4) is 0 Å². The van der Waals surface area contributed by atoms with Crippen LogP contribution in [0.4, 0.5) is 0 Å². The van der Waals surface area contributed by atoms with Gasteiger partial charge in [0.15, 0.2) is 0 Å². The first-order chi connectivity index (χ1) is 30.3. The number of rotatable bonds is 47. The lowest BCUT2D eigenvalue weighted by Gasteiger charge is -2.20. The lowest BCUT2D eigenvalue weighted by atomic mass is 10.0. The first kappa shape index (κ1) is 59.9. The molecule has 3 unspecified atom stereocenters. The van der Waals surface area contributed by atoms with Crippen LogP contribution in [0.1, 0.15) is 206 Å². The Hall–Kier alpha value is -2.10. The van der Waals surface area contributed by atoms with E-state index < -0.39 is 45.8 Å². The summed E-state index contributed by atoms with van der Waals surface area (Å²) in [4.78, 5) is 22.7. The minimum atomic E-state index is -4.53. The number of allylic oxidation sites excluding steroid dienone is 12. The fourth-order valence-corrected chi connectivity index (χ4v) is 7.40. The average Bonchev–Trinajstić information content (AvgIpc) is 3.26. The Morgan fingerprint density at radius 2 is 0.919 bits per heavy atom. The molecule has 0 heterocycles. The number of ether oxygens (including phenoxy) is 2. The van der Waals surface area contributed by atoms with Crippen molar-refractivity contribution in [2.24, 2.45) is 0 Å². The summed E-state index contributed by atoms with van der Waals surface area (Å²) in [5.74, 6) is -0.407. The second kappa shape index (κ2) is 48.4. The summed E-state index contributed by atoms with van der Waals surface area (Å²) >= 11 is 0. The number of phosphoric ester groups is 1. The number of aliphatic hydroxyl groups excluding tert-OH is 2. The van der Waals surface area contributed by atoms with Gasteiger partial charge < -0.3 is 24.6 Å². The number of hydrogen-bond donors (Lipinski definition) is 3. The van der Waals surface area contributed by atoms with E-state index in [0.717, 1.165) is 77.0 Å². The zero-order valence-electron chi connectivity index (χ0n) is 39.6. The summed E-state index contributed by atoms with van der Waals surface area (Å²) in [6.07, 6.45) is 58.7. The molecule has 0 amide bonds. The molecular formula is C52H93O9P. The molecule has 0 spiro atoms. The van der Waals surface area contributed by atoms with Gasteiger partial charge in [0, 0.05) is 13.0 Å². The predicted molar refractivity (Wildman–Crippen MR) is 260 cm³/mol. The normalized spacial score (nSPS) is 14.5. The van der Waals surface area contributed by atoms with Gasteiger partial charge in [-0.05, 0) is 83.5 Å². The Kier molecular flexibility index (Phi) is 46.7. The van der Waals surface area contributed by atoms with E-state index in [4.69, 9.17) is 23.6 Å². The summed E-state index contributed by atoms with van der Waals surface area (Å²) in [7, 11) is -4.53. The van der Waals surface area contributed by atoms with Gasteiger partial charge in [0.25, 0.3) is 0 Å². The smallest absolute Gasteiger partial charge is 0.457 e. The first-order valence-electron chi connectivity index (χ1n) is 24.9. The van der Waals surface area contributed by atoms with Gasteiger partial charge in [-0.2, -0.15) is 0 Å². The molecule has 0 bridgehead atoms. The van der Waals surface area contributed by atoms with Crippen LogP contribution in [0.25, 0.3) is 0 Å². The number of carbonyl (C=O) groups is 1. The van der Waals surface area contributed by atoms with Crippen LogP contribution in [0, 0.1) is 0 Å². The Morgan fingerprint density at radius 1 is 0.516 bits per heavy atom. The van der Waals surface area contributed by atoms with Gasteiger partial charge in [-0.15, -0.1) is 0 Å². The van der Waals surface area contributed by atoms with Gasteiger partial charge in [-0.25, -0.2) is 4.57 Å². The third-order valence-corrected chi connectivity index (χ3v) is 11.3. The molecule has 0 rings (SSSR count). The molecular weight excluding hydrogens is 800 g/mol. The lowest BCUT2D eigenvalue weighted by Crippen LogP contribution is -2.29. The van der Waals surface area contributed by atoms with Gasteiger partial charge in [-0.1, -0.05) is 189 Å². The van der Waals surface area contributed by atoms with Crippen molar-refractivity contribution in [1.29, 1.82) is 0 Å². The van der Waals surface area contributed by atoms with Crippen molar-refractivity contribution in [1.82, 2.24) is 0 Å². The number of unbranched alkanes of at least 4 members (excludes halogenated alkanes) is 21. The summed E-state index contributed by atoms with van der Waals surface area (Å²) < 4.78 is 33.5. The molecule has 0 saturated heterocycles. The van der Waals surface area contributed by atoms with E-state index in [1.54, 1.807) is 0 Å². The molecule has 360 valence electrons. The number of esters is 1. The van der Waals surface area contributed by atoms with Gasteiger partial charge in [0.1, 0.15) is 12.2 Å². The summed E-state index contributed by atoms with van der Waals surface area (Å²) in [5, 5.41) is 18.4. The lowest BCUT2D eigenvalue weighted by molar-refractivity contribution is -0.154. The van der Waals surface area contributed by atoms with Crippen LogP contribution in [0.15, 0.2) is 72.9 Å². The maximum absolute atomic E-state index is 12.7. The van der Waals surface area contributed by atoms with Gasteiger partial charge in [-0.3, -0.25) is 13.8 Å². The molecule has 0 aromatic rings. The van der Waals surface area contributed by atoms with Crippen LogP contribution < -0.4 is 0 Å². The van der Waals surface area contributed by atoms with E-state index in [1.807, 2.05) is 0 Å². The van der Waals surface area contributed by atoms with Crippen LogP contribution >= 0.6 is 7.82 Å². The van der Waals surface area contributed by atoms with E-state index in [9.17, 15) is 19.4 Å². The number of hydrogen-bond acceptors (Lipinski definition) is 8. The summed E-state index contributed by atoms with van der Waals surface area (Å²) in [5.41, 5.74) is 0. The van der Waals surface area contributed by atoms with Gasteiger partial charge in [0.05, 0.1) is 26.4 Å². The third kappa shape index (κ3) is 47.4. The third-order valence-electron chi connectivity index (χ3n) is 10.4. The van der Waals surface area contributed by atoms with Crippen molar-refractivity contribution in [3.05, 3.63) is 72.9 Å². The highest BCUT2D eigenvalue weighted by molar-refractivity contribution is 7.47. The van der Waals surface area contributed by atoms with Crippen molar-refractivity contribution in [2.75, 3.05) is 33.0 Å². The Morgan fingerprint density at radius 3 is 1.39 bits per heavy atom. The second-order valence-electron chi connectivity index (χ2n) is 16.4. The molecule has 3 N–H and O–H groups in total. The number of aliphatic hydroxyl groups is 2. The minimum absolute atomic E-state index is 0.0352. The maximum atomic E-state index is 12.7. The van der Waals surface area contributed by atoms with E-state index in [2.05, 4.69) is 86.8 Å². The average molecular weight is 893 g/mol. The topological polar surface area (TPSA) is 132 Å². The van der Waals surface area contributed by atoms with Gasteiger partial charge >= 0.3 is 13.8 Å². The van der Waals surface area contributed by atoms with Crippen LogP contribution in [0.5, 0.6) is 0 Å². The van der Waals surface area contributed by atoms with E-state index in [0.29, 0.717) is 13.0 Å². The van der Waals surface area contributed by atoms with E-state index in [1.165, 1.54) is 103 Å². The van der Waals surface area contributed by atoms with Crippen molar-refractivity contribution < 1.29 is 43.0 Å². The molecule has 0 aliphatic carbocycles. The summed E-state index contributed by atoms with van der Waals surface area (Å²) in [6, 6.07) is 0. The summed E-state index contributed by atoms with van der Waals surface area (Å²) in [6.45, 7) is 3.36. The highest BCUT2D eigenvalue weighted by atomic mass is 31.2. The monoisotopic (exact) mass is 893 g/mol. The maximum Gasteiger partial charge on any atom is 0.472 e. The number of carbonyl (C=O) groups excluding carboxylic acids is 1. The Bertz CT molecular complexity index is 1190. The fourth-order valence-electron chi connectivity index (χ4n) is 6.61. The van der Waals surface area contributed by atoms with Crippen molar-refractivity contribution in [2.45, 2.75) is 219 Å². The standard InChI is InChI=1S/C52H93O9P/c1-3-5-7-9-11-13-15-17-19-21-22-23-24-25-26-27-29-31-33-35-37-39-41-43-45-58-48-51(49-60-62(56,57)59-47-50(54)46-53)61-52(55)44-42-40-38-36-34-32-30-28-20-18-16-14-12-10-8-6-4-2/h6,8,12,14-15,17-18,20-22,30,32,50-51,53-54H,3-5,7,9-11,13,16,19,23-29,31,33-49H2,1-2H3,(H,56,57)/b8-6-,14-12-,17-15-,20-18-,22-21-,32-30-. The molecule has 0 saturated carbocycles. The van der Waals surface area contributed by atoms with Crippen LogP contribution in [-0.2, 0) is 27.9 Å². The second-order valence-corrected chi connectivity index (χ2v) is 17.9. The SMILES string of the molecule is CC/C=C\C/C=C\C/C=C\C/C=C\CCCCCCC(=O)OC(COCCCCCCCCCCCCCC/C=C\C/C=C\CCCCCCC)COP(=O)(O)OCC(O)CO. The highest BCUT2D eigenvalue weighted by Crippen LogP contribution is 2.43. The molecule has 0 fully saturated rings. The molecule has 0 aromatic carbocycles. The quantitative estimate of drug-likeness (QED) is 0.0236. The largest absolute Gasteiger partial charge is 0.472 e. The molecule has 62 heavy (non-hydrogen) atoms. The van der Waals surface area contributed by atoms with Crippen molar-refractivity contribution in [3.63, 3.8) is 0 Å². The van der Waals surface area contributed by atoms with Crippen molar-refractivity contribution >= 4 is 13.8 Å². The minimum Gasteiger partial charge on any atom is -0.457 e. The molecule has 9 nitrogen and oxygen atoms in total. The van der Waals surface area contributed by atoms with Crippen LogP contribution in [0.2, 0.25) is 0 Å². The predicted octanol–water partition coefficient (Wildman–Crippen LogP) is 14.5. The Labute approximate surface area is 380 Å². The molecule has 0 aromatic heterocycles. The molecule has 0 aliphatic rings. The zero-order chi connectivity index (χ0) is 45.3.